The van der Waals surface area contributed by atoms with Crippen LogP contribution in [0.2, 0.25) is 0 Å². The number of carboxylic acid groups (broad SMARTS) is 2. The maximum absolute atomic E-state index is 12.4. The van der Waals surface area contributed by atoms with E-state index < -0.39 is 137 Å². The molecule has 51 heavy (non-hydrogen) atoms. The van der Waals surface area contributed by atoms with E-state index in [0.29, 0.717) is 0 Å². The van der Waals surface area contributed by atoms with Gasteiger partial charge in [0.15, 0.2) is 0 Å². The number of esters is 6. The van der Waals surface area contributed by atoms with Crippen molar-refractivity contribution < 1.29 is 81.7 Å². The maximum Gasteiger partial charge on any atom is 0.333 e. The van der Waals surface area contributed by atoms with Gasteiger partial charge in [-0.25, -0.2) is 19.2 Å². The summed E-state index contributed by atoms with van der Waals surface area (Å²) in [5, 5.41) is 17.9. The van der Waals surface area contributed by atoms with Crippen LogP contribution in [0.4, 0.5) is 0 Å². The monoisotopic (exact) mass is 726 g/mol. The van der Waals surface area contributed by atoms with Gasteiger partial charge in [-0.15, -0.1) is 0 Å². The highest BCUT2D eigenvalue weighted by Gasteiger charge is 2.41. The van der Waals surface area contributed by atoms with Crippen LogP contribution in [0.3, 0.4) is 0 Å². The average Bonchev–Trinajstić information content (AvgIpc) is 3.06. The van der Waals surface area contributed by atoms with Crippen molar-refractivity contribution in [1.29, 1.82) is 0 Å². The number of ether oxygens (including phenoxy) is 7. The Bertz CT molecular complexity index is 1260. The third-order valence-corrected chi connectivity index (χ3v) is 6.41. The number of carboxylic acids is 2. The van der Waals surface area contributed by atoms with E-state index in [9.17, 15) is 38.4 Å². The molecule has 0 atom stereocenters. The van der Waals surface area contributed by atoms with Gasteiger partial charge < -0.3 is 43.4 Å². The number of carbonyl (C=O) groups excluding carboxylic acids is 6. The van der Waals surface area contributed by atoms with Crippen LogP contribution in [0.5, 0.6) is 0 Å². The van der Waals surface area contributed by atoms with E-state index in [2.05, 4.69) is 26.3 Å². The Labute approximate surface area is 295 Å². The lowest BCUT2D eigenvalue weighted by Gasteiger charge is -2.35. The molecule has 0 aliphatic rings. The van der Waals surface area contributed by atoms with Crippen LogP contribution >= 0.6 is 0 Å². The van der Waals surface area contributed by atoms with Crippen molar-refractivity contribution in [2.24, 2.45) is 10.8 Å². The fourth-order valence-corrected chi connectivity index (χ4v) is 3.38. The highest BCUT2D eigenvalue weighted by molar-refractivity contribution is 5.88. The maximum atomic E-state index is 12.4. The Hall–Kier alpha value is -5.32. The van der Waals surface area contributed by atoms with E-state index in [4.69, 9.17) is 43.4 Å². The van der Waals surface area contributed by atoms with Crippen LogP contribution in [0.15, 0.2) is 48.6 Å². The minimum Gasteiger partial charge on any atom is -0.481 e. The lowest BCUT2D eigenvalue weighted by atomic mass is 9.90. The molecule has 0 aromatic carbocycles. The van der Waals surface area contributed by atoms with Gasteiger partial charge in [-0.3, -0.25) is 19.2 Å². The van der Waals surface area contributed by atoms with Crippen LogP contribution in [0.1, 0.15) is 53.4 Å². The average molecular weight is 727 g/mol. The molecule has 0 spiro atoms. The normalized spacial score (nSPS) is 10.9. The molecule has 0 aliphatic heterocycles. The van der Waals surface area contributed by atoms with Crippen LogP contribution < -0.4 is 0 Å². The summed E-state index contributed by atoms with van der Waals surface area (Å²) < 4.78 is 37.8. The first kappa shape index (κ1) is 45.7. The summed E-state index contributed by atoms with van der Waals surface area (Å²) in [6, 6.07) is 0. The quantitative estimate of drug-likeness (QED) is 0.0738. The fraction of sp³-hybridized carbons (Fsp3) is 0.529. The van der Waals surface area contributed by atoms with Crippen LogP contribution in [-0.2, 0) is 71.5 Å². The number of hydrogen-bond donors (Lipinski definition) is 2. The summed E-state index contributed by atoms with van der Waals surface area (Å²) in [6.07, 6.45) is -2.24. The molecule has 0 aliphatic carbocycles. The highest BCUT2D eigenvalue weighted by Crippen LogP contribution is 2.27. The lowest BCUT2D eigenvalue weighted by molar-refractivity contribution is -0.173. The second-order valence-corrected chi connectivity index (χ2v) is 12.0. The zero-order valence-corrected chi connectivity index (χ0v) is 29.3. The molecule has 17 nitrogen and oxygen atoms in total. The second-order valence-electron chi connectivity index (χ2n) is 12.0. The minimum absolute atomic E-state index is 0.00968. The van der Waals surface area contributed by atoms with E-state index in [0.717, 1.165) is 0 Å². The third kappa shape index (κ3) is 19.5. The molecule has 0 fully saturated rings. The van der Waals surface area contributed by atoms with E-state index in [1.54, 1.807) is 0 Å². The molecule has 0 radical (unpaired) electrons. The van der Waals surface area contributed by atoms with Gasteiger partial charge >= 0.3 is 47.8 Å². The molecule has 17 heteroatoms. The summed E-state index contributed by atoms with van der Waals surface area (Å²) in [6.45, 7) is 14.6. The van der Waals surface area contributed by atoms with Gasteiger partial charge in [0.2, 0.25) is 0 Å². The van der Waals surface area contributed by atoms with Crippen molar-refractivity contribution in [3.63, 3.8) is 0 Å². The topological polar surface area (TPSA) is 242 Å². The summed E-state index contributed by atoms with van der Waals surface area (Å²) in [4.78, 5) is 96.3. The van der Waals surface area contributed by atoms with Crippen molar-refractivity contribution in [2.45, 2.75) is 53.4 Å². The minimum atomic E-state index is -1.73. The highest BCUT2D eigenvalue weighted by atomic mass is 16.6. The SMILES string of the molecule is C=C(C)C(=O)OCC(COCC(COC(=O)C(=C)C)(COC(=O)C(=C)C)COC(=O)C(=C)C)(COC(=O)CCC(=O)O)COC(=O)CCC(=O)O. The summed E-state index contributed by atoms with van der Waals surface area (Å²) in [7, 11) is 0. The first-order chi connectivity index (χ1) is 23.6. The predicted molar refractivity (Wildman–Crippen MR) is 174 cm³/mol. The number of hydrogen-bond acceptors (Lipinski definition) is 15. The van der Waals surface area contributed by atoms with Crippen molar-refractivity contribution >= 4 is 47.8 Å². The first-order valence-electron chi connectivity index (χ1n) is 15.3. The standard InChI is InChI=1S/C34H46O17/c1-21(2)29(41)48-17-33(15-46-27(39)11-9-25(35)36,16-47-28(40)12-10-26(37)38)13-45-14-34(18-49-30(42)22(3)4,19-50-31(43)23(5)6)20-51-32(44)24(7)8/h1,3,5,7,9-20H2,2,4,6,8H3,(H,35,36)(H,37,38). The van der Waals surface area contributed by atoms with Crippen molar-refractivity contribution in [1.82, 2.24) is 0 Å². The molecular weight excluding hydrogens is 680 g/mol. The van der Waals surface area contributed by atoms with Gasteiger partial charge in [0, 0.05) is 22.3 Å². The Morgan fingerprint density at radius 2 is 0.647 bits per heavy atom. The Balaban J connectivity index is 6.77. The zero-order chi connectivity index (χ0) is 39.4. The lowest BCUT2D eigenvalue weighted by Crippen LogP contribution is -2.47. The van der Waals surface area contributed by atoms with Gasteiger partial charge in [-0.2, -0.15) is 0 Å². The van der Waals surface area contributed by atoms with Gasteiger partial charge in [-0.05, 0) is 27.7 Å². The molecule has 0 unspecified atom stereocenters. The Morgan fingerprint density at radius 1 is 0.412 bits per heavy atom. The van der Waals surface area contributed by atoms with E-state index in [1.807, 2.05) is 0 Å². The number of rotatable bonds is 26. The largest absolute Gasteiger partial charge is 0.481 e. The number of carbonyl (C=O) groups is 8. The smallest absolute Gasteiger partial charge is 0.333 e. The zero-order valence-electron chi connectivity index (χ0n) is 29.3. The second kappa shape index (κ2) is 22.4. The molecule has 0 bridgehead atoms. The van der Waals surface area contributed by atoms with E-state index in [-0.39, 0.29) is 22.3 Å². The van der Waals surface area contributed by atoms with E-state index >= 15 is 0 Å². The molecule has 0 saturated carbocycles. The molecular formula is C34H46O17. The molecule has 0 aromatic rings. The van der Waals surface area contributed by atoms with Crippen molar-refractivity contribution in [3.05, 3.63) is 48.6 Å². The van der Waals surface area contributed by atoms with Crippen molar-refractivity contribution in [2.75, 3.05) is 52.9 Å². The summed E-state index contributed by atoms with van der Waals surface area (Å²) >= 11 is 0. The Kier molecular flexibility index (Phi) is 20.1. The molecule has 284 valence electrons. The molecule has 0 aromatic heterocycles. The van der Waals surface area contributed by atoms with Crippen molar-refractivity contribution in [3.8, 4) is 0 Å². The van der Waals surface area contributed by atoms with Crippen LogP contribution in [0, 0.1) is 10.8 Å². The number of aliphatic carboxylic acids is 2. The molecule has 2 N–H and O–H groups in total. The molecule has 0 saturated heterocycles. The van der Waals surface area contributed by atoms with Gasteiger partial charge in [0.1, 0.15) is 39.6 Å². The molecule has 0 amide bonds. The van der Waals surface area contributed by atoms with Crippen LogP contribution in [0.25, 0.3) is 0 Å². The molecule has 0 rings (SSSR count). The van der Waals surface area contributed by atoms with Gasteiger partial charge in [0.05, 0.1) is 49.7 Å². The Morgan fingerprint density at radius 3 is 0.863 bits per heavy atom. The van der Waals surface area contributed by atoms with Gasteiger partial charge in [0.25, 0.3) is 0 Å². The first-order valence-corrected chi connectivity index (χ1v) is 15.3. The summed E-state index contributed by atoms with van der Waals surface area (Å²) in [5.74, 6) is -7.97. The van der Waals surface area contributed by atoms with Gasteiger partial charge in [-0.1, -0.05) is 26.3 Å². The van der Waals surface area contributed by atoms with Crippen LogP contribution in [-0.4, -0.2) is 111 Å². The fourth-order valence-electron chi connectivity index (χ4n) is 3.38. The predicted octanol–water partition coefficient (Wildman–Crippen LogP) is 2.27. The summed E-state index contributed by atoms with van der Waals surface area (Å²) in [5.41, 5.74) is -3.36. The molecule has 0 heterocycles. The third-order valence-electron chi connectivity index (χ3n) is 6.41. The van der Waals surface area contributed by atoms with E-state index in [1.165, 1.54) is 27.7 Å².